The summed E-state index contributed by atoms with van der Waals surface area (Å²) in [5, 5.41) is 12.3. The molecule has 4 rings (SSSR count). The average molecular weight is 364 g/mol. The molecule has 1 atom stereocenters. The number of rotatable bonds is 5. The second-order valence-electron chi connectivity index (χ2n) is 7.86. The largest absolute Gasteiger partial charge is 0.491 e. The first kappa shape index (κ1) is 18.1. The highest BCUT2D eigenvalue weighted by atomic mass is 16.5. The summed E-state index contributed by atoms with van der Waals surface area (Å²) in [6.07, 6.45) is 4.49. The van der Waals surface area contributed by atoms with E-state index in [9.17, 15) is 5.11 Å². The van der Waals surface area contributed by atoms with E-state index < -0.39 is 5.60 Å². The summed E-state index contributed by atoms with van der Waals surface area (Å²) in [5.74, 6) is 0.829. The number of aryl methyl sites for hydroxylation is 1. The van der Waals surface area contributed by atoms with Crippen LogP contribution in [0.1, 0.15) is 30.4 Å². The number of aliphatic hydroxyl groups is 1. The van der Waals surface area contributed by atoms with Gasteiger partial charge in [0.2, 0.25) is 0 Å². The second kappa shape index (κ2) is 7.75. The molecule has 142 valence electrons. The van der Waals surface area contributed by atoms with E-state index in [4.69, 9.17) is 4.74 Å². The zero-order valence-electron chi connectivity index (χ0n) is 15.9. The van der Waals surface area contributed by atoms with Crippen molar-refractivity contribution in [3.8, 4) is 5.75 Å². The van der Waals surface area contributed by atoms with Gasteiger partial charge in [0.15, 0.2) is 0 Å². The van der Waals surface area contributed by atoms with Gasteiger partial charge in [-0.2, -0.15) is 0 Å². The van der Waals surface area contributed by atoms with Crippen molar-refractivity contribution in [1.82, 2.24) is 9.88 Å². The molecular formula is C23H28N2O2. The van der Waals surface area contributed by atoms with Crippen molar-refractivity contribution in [2.45, 2.75) is 38.3 Å². The molecule has 0 aliphatic carbocycles. The molecule has 4 heteroatoms. The summed E-state index contributed by atoms with van der Waals surface area (Å²) < 4.78 is 5.88. The molecule has 2 N–H and O–H groups in total. The van der Waals surface area contributed by atoms with Gasteiger partial charge in [0.25, 0.3) is 0 Å². The first-order valence-corrected chi connectivity index (χ1v) is 9.80. The van der Waals surface area contributed by atoms with E-state index in [1.165, 1.54) is 22.0 Å². The van der Waals surface area contributed by atoms with Crippen LogP contribution in [0.25, 0.3) is 10.9 Å². The van der Waals surface area contributed by atoms with Crippen molar-refractivity contribution in [2.75, 3.05) is 19.7 Å². The van der Waals surface area contributed by atoms with Crippen molar-refractivity contribution in [2.24, 2.45) is 0 Å². The van der Waals surface area contributed by atoms with Crippen LogP contribution < -0.4 is 4.74 Å². The number of nitrogens with one attached hydrogen (secondary N) is 1. The summed E-state index contributed by atoms with van der Waals surface area (Å²) in [6.45, 7) is 5.25. The highest BCUT2D eigenvalue weighted by molar-refractivity contribution is 5.79. The van der Waals surface area contributed by atoms with Crippen molar-refractivity contribution in [3.05, 3.63) is 65.9 Å². The standard InChI is InChI=1S/C23H28N2O2/c1-18-3-6-21(7-4-18)27-17-23(26)10-2-13-25(14-11-23)16-19-5-8-22-20(15-19)9-12-24-22/h3-9,12,15,24,26H,2,10-11,13-14,16-17H2,1H3. The predicted molar refractivity (Wildman–Crippen MR) is 109 cm³/mol. The minimum absolute atomic E-state index is 0.360. The number of benzene rings is 2. The molecule has 1 unspecified atom stereocenters. The van der Waals surface area contributed by atoms with Gasteiger partial charge in [-0.1, -0.05) is 23.8 Å². The lowest BCUT2D eigenvalue weighted by molar-refractivity contribution is -0.0168. The predicted octanol–water partition coefficient (Wildman–Crippen LogP) is 4.27. The van der Waals surface area contributed by atoms with Crippen LogP contribution in [0.2, 0.25) is 0 Å². The summed E-state index contributed by atoms with van der Waals surface area (Å²) in [7, 11) is 0. The number of likely N-dealkylation sites (tertiary alicyclic amines) is 1. The Morgan fingerprint density at radius 3 is 2.78 bits per heavy atom. The van der Waals surface area contributed by atoms with Crippen LogP contribution in [0, 0.1) is 6.92 Å². The van der Waals surface area contributed by atoms with Gasteiger partial charge in [-0.15, -0.1) is 0 Å². The maximum Gasteiger partial charge on any atom is 0.119 e. The molecule has 3 aromatic rings. The number of aromatic nitrogens is 1. The van der Waals surface area contributed by atoms with Crippen LogP contribution >= 0.6 is 0 Å². The zero-order valence-corrected chi connectivity index (χ0v) is 15.9. The molecule has 1 fully saturated rings. The molecule has 1 aromatic heterocycles. The molecule has 0 radical (unpaired) electrons. The highest BCUT2D eigenvalue weighted by Crippen LogP contribution is 2.25. The quantitative estimate of drug-likeness (QED) is 0.711. The zero-order chi connectivity index (χ0) is 18.7. The van der Waals surface area contributed by atoms with Crippen LogP contribution in [0.4, 0.5) is 0 Å². The average Bonchev–Trinajstić information content (AvgIpc) is 3.05. The van der Waals surface area contributed by atoms with E-state index in [0.717, 1.165) is 44.6 Å². The first-order valence-electron chi connectivity index (χ1n) is 9.80. The van der Waals surface area contributed by atoms with Gasteiger partial charge in [0, 0.05) is 24.8 Å². The minimum Gasteiger partial charge on any atom is -0.491 e. The normalized spacial score (nSPS) is 21.3. The number of fused-ring (bicyclic) bond motifs is 1. The lowest BCUT2D eigenvalue weighted by Crippen LogP contribution is -2.37. The van der Waals surface area contributed by atoms with Gasteiger partial charge in [-0.25, -0.2) is 0 Å². The number of ether oxygens (including phenoxy) is 1. The fraction of sp³-hybridized carbons (Fsp3) is 0.391. The fourth-order valence-electron chi connectivity index (χ4n) is 3.85. The highest BCUT2D eigenvalue weighted by Gasteiger charge is 2.31. The van der Waals surface area contributed by atoms with Crippen molar-refractivity contribution in [1.29, 1.82) is 0 Å². The van der Waals surface area contributed by atoms with Crippen molar-refractivity contribution < 1.29 is 9.84 Å². The third-order valence-electron chi connectivity index (χ3n) is 5.56. The molecule has 0 saturated carbocycles. The topological polar surface area (TPSA) is 48.5 Å². The molecule has 0 spiro atoms. The molecule has 27 heavy (non-hydrogen) atoms. The van der Waals surface area contributed by atoms with Gasteiger partial charge in [0.1, 0.15) is 12.4 Å². The fourth-order valence-corrected chi connectivity index (χ4v) is 3.85. The Morgan fingerprint density at radius 1 is 1.07 bits per heavy atom. The maximum absolute atomic E-state index is 11.0. The number of hydrogen-bond acceptors (Lipinski definition) is 3. The van der Waals surface area contributed by atoms with Crippen LogP contribution in [0.3, 0.4) is 0 Å². The summed E-state index contributed by atoms with van der Waals surface area (Å²) in [6, 6.07) is 16.7. The number of aromatic amines is 1. The lowest BCUT2D eigenvalue weighted by atomic mass is 9.96. The van der Waals surface area contributed by atoms with E-state index in [1.54, 1.807) is 0 Å². The van der Waals surface area contributed by atoms with Crippen molar-refractivity contribution in [3.63, 3.8) is 0 Å². The number of H-pyrrole nitrogens is 1. The molecule has 1 aliphatic heterocycles. The van der Waals surface area contributed by atoms with Gasteiger partial charge >= 0.3 is 0 Å². The van der Waals surface area contributed by atoms with Crippen LogP contribution in [-0.4, -0.2) is 40.3 Å². The van der Waals surface area contributed by atoms with Gasteiger partial charge in [0.05, 0.1) is 5.60 Å². The van der Waals surface area contributed by atoms with Crippen LogP contribution in [0.15, 0.2) is 54.7 Å². The third-order valence-corrected chi connectivity index (χ3v) is 5.56. The molecule has 1 aliphatic rings. The smallest absolute Gasteiger partial charge is 0.119 e. The third kappa shape index (κ3) is 4.52. The molecule has 1 saturated heterocycles. The van der Waals surface area contributed by atoms with E-state index in [-0.39, 0.29) is 0 Å². The monoisotopic (exact) mass is 364 g/mol. The Bertz CT molecular complexity index is 887. The Kier molecular flexibility index (Phi) is 5.19. The molecule has 2 heterocycles. The SMILES string of the molecule is Cc1ccc(OCC2(O)CCCN(Cc3ccc4[nH]ccc4c3)CC2)cc1. The van der Waals surface area contributed by atoms with Gasteiger partial charge in [-0.05, 0) is 74.0 Å². The number of nitrogens with zero attached hydrogens (tertiary/aromatic N) is 1. The Labute approximate surface area is 160 Å². The van der Waals surface area contributed by atoms with E-state index in [1.807, 2.05) is 30.5 Å². The van der Waals surface area contributed by atoms with Crippen LogP contribution in [0.5, 0.6) is 5.75 Å². The maximum atomic E-state index is 11.0. The number of hydrogen-bond donors (Lipinski definition) is 2. The van der Waals surface area contributed by atoms with E-state index in [0.29, 0.717) is 6.61 Å². The Balaban J connectivity index is 1.34. The van der Waals surface area contributed by atoms with Crippen LogP contribution in [-0.2, 0) is 6.54 Å². The Morgan fingerprint density at radius 2 is 1.93 bits per heavy atom. The molecule has 4 nitrogen and oxygen atoms in total. The second-order valence-corrected chi connectivity index (χ2v) is 7.86. The lowest BCUT2D eigenvalue weighted by Gasteiger charge is -2.27. The first-order chi connectivity index (χ1) is 13.1. The van der Waals surface area contributed by atoms with Gasteiger partial charge in [-0.3, -0.25) is 4.90 Å². The summed E-state index contributed by atoms with van der Waals surface area (Å²) >= 11 is 0. The summed E-state index contributed by atoms with van der Waals surface area (Å²) in [4.78, 5) is 5.68. The molecule has 0 bridgehead atoms. The minimum atomic E-state index is -0.746. The molecular weight excluding hydrogens is 336 g/mol. The Hall–Kier alpha value is -2.30. The summed E-state index contributed by atoms with van der Waals surface area (Å²) in [5.41, 5.74) is 2.97. The molecule has 0 amide bonds. The van der Waals surface area contributed by atoms with E-state index in [2.05, 4.69) is 41.1 Å². The van der Waals surface area contributed by atoms with Crippen molar-refractivity contribution >= 4 is 10.9 Å². The molecule has 2 aromatic carbocycles. The van der Waals surface area contributed by atoms with Gasteiger partial charge < -0.3 is 14.8 Å². The van der Waals surface area contributed by atoms with E-state index >= 15 is 0 Å².